The van der Waals surface area contributed by atoms with Gasteiger partial charge in [0.1, 0.15) is 5.56 Å². The molecule has 0 atom stereocenters. The molecule has 1 N–H and O–H groups in total. The molecule has 2 heterocycles. The predicted molar refractivity (Wildman–Crippen MR) is 109 cm³/mol. The normalized spacial score (nSPS) is 10.3. The minimum absolute atomic E-state index is 0. The topological polar surface area (TPSA) is 64.1 Å². The van der Waals surface area contributed by atoms with Crippen molar-refractivity contribution in [2.24, 2.45) is 0 Å². The van der Waals surface area contributed by atoms with Crippen molar-refractivity contribution in [2.45, 2.75) is 18.7 Å². The van der Waals surface area contributed by atoms with Crippen LogP contribution in [0.1, 0.15) is 23.0 Å². The number of ether oxygens (including phenoxy) is 1. The van der Waals surface area contributed by atoms with E-state index in [2.05, 4.69) is 15.3 Å². The molecule has 7 heteroatoms. The average molecular weight is 390 g/mol. The molecule has 0 aliphatic heterocycles. The zero-order valence-electron chi connectivity index (χ0n) is 14.8. The Balaban J connectivity index is 0.00000243. The Hall–Kier alpha value is -2.31. The molecule has 0 saturated heterocycles. The summed E-state index contributed by atoms with van der Waals surface area (Å²) in [6.45, 7) is 4.01. The van der Waals surface area contributed by atoms with Crippen LogP contribution in [0.2, 0.25) is 0 Å². The van der Waals surface area contributed by atoms with E-state index in [1.807, 2.05) is 49.6 Å². The van der Waals surface area contributed by atoms with E-state index in [4.69, 9.17) is 4.74 Å². The number of benzene rings is 1. The van der Waals surface area contributed by atoms with Crippen LogP contribution >= 0.6 is 24.2 Å². The summed E-state index contributed by atoms with van der Waals surface area (Å²) in [5.74, 6) is -0.402. The Morgan fingerprint density at radius 2 is 2.08 bits per heavy atom. The smallest absolute Gasteiger partial charge is 0.341 e. The van der Waals surface area contributed by atoms with Crippen molar-refractivity contribution >= 4 is 52.5 Å². The standard InChI is InChI=1S/C19H19N3O2S.ClH/c1-4-24-19(23)16-11-20-18-15(9-8-12(2)21-18)17(16)22-13-6-5-7-14(10-13)25-3;/h5-11H,4H2,1-3H3,(H,20,21,22);1H. The van der Waals surface area contributed by atoms with Gasteiger partial charge in [-0.05, 0) is 50.4 Å². The third kappa shape index (κ3) is 4.26. The minimum atomic E-state index is -0.402. The summed E-state index contributed by atoms with van der Waals surface area (Å²) in [5, 5.41) is 4.14. The number of carbonyl (C=O) groups is 1. The Labute approximate surface area is 163 Å². The van der Waals surface area contributed by atoms with Crippen LogP contribution in [-0.4, -0.2) is 28.8 Å². The maximum atomic E-state index is 12.4. The number of nitrogens with one attached hydrogen (secondary N) is 1. The summed E-state index contributed by atoms with van der Waals surface area (Å²) in [4.78, 5) is 22.3. The highest BCUT2D eigenvalue weighted by Crippen LogP contribution is 2.30. The van der Waals surface area contributed by atoms with Crippen LogP contribution < -0.4 is 5.32 Å². The number of carbonyl (C=O) groups excluding carboxylic acids is 1. The second-order valence-electron chi connectivity index (χ2n) is 5.45. The van der Waals surface area contributed by atoms with Crippen LogP contribution in [0, 0.1) is 6.92 Å². The van der Waals surface area contributed by atoms with Crippen molar-refractivity contribution in [3.63, 3.8) is 0 Å². The number of esters is 1. The first-order valence-electron chi connectivity index (χ1n) is 7.97. The summed E-state index contributed by atoms with van der Waals surface area (Å²) in [6.07, 6.45) is 3.55. The number of hydrogen-bond donors (Lipinski definition) is 1. The molecule has 3 aromatic rings. The van der Waals surface area contributed by atoms with Crippen molar-refractivity contribution < 1.29 is 9.53 Å². The molecule has 2 aromatic heterocycles. The van der Waals surface area contributed by atoms with Crippen LogP contribution in [0.15, 0.2) is 47.5 Å². The van der Waals surface area contributed by atoms with Gasteiger partial charge in [0.2, 0.25) is 0 Å². The number of anilines is 2. The molecule has 0 spiro atoms. The molecule has 0 fully saturated rings. The largest absolute Gasteiger partial charge is 0.462 e. The fourth-order valence-corrected chi connectivity index (χ4v) is 2.97. The molecule has 3 rings (SSSR count). The van der Waals surface area contributed by atoms with Gasteiger partial charge in [0.25, 0.3) is 0 Å². The van der Waals surface area contributed by atoms with Crippen molar-refractivity contribution in [3.05, 3.63) is 53.9 Å². The molecule has 0 amide bonds. The van der Waals surface area contributed by atoms with E-state index in [1.165, 1.54) is 6.20 Å². The monoisotopic (exact) mass is 389 g/mol. The molecule has 5 nitrogen and oxygen atoms in total. The second kappa shape index (κ2) is 8.87. The van der Waals surface area contributed by atoms with Crippen molar-refractivity contribution in [3.8, 4) is 0 Å². The van der Waals surface area contributed by atoms with E-state index >= 15 is 0 Å². The zero-order valence-corrected chi connectivity index (χ0v) is 16.4. The Morgan fingerprint density at radius 3 is 2.81 bits per heavy atom. The first kappa shape index (κ1) is 20.0. The van der Waals surface area contributed by atoms with Crippen molar-refractivity contribution in [1.82, 2.24) is 9.97 Å². The van der Waals surface area contributed by atoms with Gasteiger partial charge in [-0.25, -0.2) is 14.8 Å². The van der Waals surface area contributed by atoms with Crippen LogP contribution in [0.3, 0.4) is 0 Å². The van der Waals surface area contributed by atoms with Crippen LogP contribution in [0.4, 0.5) is 11.4 Å². The van der Waals surface area contributed by atoms with Gasteiger partial charge < -0.3 is 10.1 Å². The molecule has 136 valence electrons. The molecular formula is C19H20ClN3O2S. The minimum Gasteiger partial charge on any atom is -0.462 e. The Morgan fingerprint density at radius 1 is 1.27 bits per heavy atom. The molecule has 0 bridgehead atoms. The van der Waals surface area contributed by atoms with Gasteiger partial charge in [-0.1, -0.05) is 6.07 Å². The summed E-state index contributed by atoms with van der Waals surface area (Å²) >= 11 is 1.66. The van der Waals surface area contributed by atoms with E-state index in [0.29, 0.717) is 23.5 Å². The van der Waals surface area contributed by atoms with E-state index in [-0.39, 0.29) is 12.4 Å². The van der Waals surface area contributed by atoms with E-state index in [1.54, 1.807) is 18.7 Å². The number of hydrogen-bond acceptors (Lipinski definition) is 6. The average Bonchev–Trinajstić information content (AvgIpc) is 2.62. The maximum Gasteiger partial charge on any atom is 0.341 e. The summed E-state index contributed by atoms with van der Waals surface area (Å²) < 4.78 is 5.18. The Bertz CT molecular complexity index is 934. The van der Waals surface area contributed by atoms with E-state index in [0.717, 1.165) is 21.7 Å². The van der Waals surface area contributed by atoms with Gasteiger partial charge in [-0.2, -0.15) is 0 Å². The Kier molecular flexibility index (Phi) is 6.83. The third-order valence-corrected chi connectivity index (χ3v) is 4.43. The first-order valence-corrected chi connectivity index (χ1v) is 9.19. The number of aromatic nitrogens is 2. The van der Waals surface area contributed by atoms with Gasteiger partial charge in [0.15, 0.2) is 5.65 Å². The van der Waals surface area contributed by atoms with Crippen LogP contribution in [-0.2, 0) is 4.74 Å². The number of nitrogens with zero attached hydrogens (tertiary/aromatic N) is 2. The zero-order chi connectivity index (χ0) is 17.8. The third-order valence-electron chi connectivity index (χ3n) is 3.70. The quantitative estimate of drug-likeness (QED) is 0.489. The molecule has 1 aromatic carbocycles. The molecule has 0 aliphatic carbocycles. The molecular weight excluding hydrogens is 370 g/mol. The lowest BCUT2D eigenvalue weighted by atomic mass is 10.1. The highest BCUT2D eigenvalue weighted by Gasteiger charge is 2.17. The highest BCUT2D eigenvalue weighted by molar-refractivity contribution is 7.98. The summed E-state index contributed by atoms with van der Waals surface area (Å²) in [7, 11) is 0. The second-order valence-corrected chi connectivity index (χ2v) is 6.33. The lowest BCUT2D eigenvalue weighted by Gasteiger charge is -2.14. The molecule has 0 unspecified atom stereocenters. The summed E-state index contributed by atoms with van der Waals surface area (Å²) in [5.41, 5.74) is 3.42. The van der Waals surface area contributed by atoms with Gasteiger partial charge >= 0.3 is 5.97 Å². The van der Waals surface area contributed by atoms with Gasteiger partial charge in [0.05, 0.1) is 12.3 Å². The summed E-state index contributed by atoms with van der Waals surface area (Å²) in [6, 6.07) is 11.8. The van der Waals surface area contributed by atoms with E-state index < -0.39 is 5.97 Å². The first-order chi connectivity index (χ1) is 12.1. The van der Waals surface area contributed by atoms with E-state index in [9.17, 15) is 4.79 Å². The number of halogens is 1. The van der Waals surface area contributed by atoms with Crippen LogP contribution in [0.5, 0.6) is 0 Å². The number of rotatable bonds is 5. The lowest BCUT2D eigenvalue weighted by molar-refractivity contribution is 0.0527. The highest BCUT2D eigenvalue weighted by atomic mass is 35.5. The fraction of sp³-hybridized carbons (Fsp3) is 0.211. The van der Waals surface area contributed by atoms with Crippen molar-refractivity contribution in [1.29, 1.82) is 0 Å². The predicted octanol–water partition coefficient (Wildman–Crippen LogP) is 5.00. The van der Waals surface area contributed by atoms with Gasteiger partial charge in [-0.15, -0.1) is 24.2 Å². The number of pyridine rings is 2. The number of thioether (sulfide) groups is 1. The molecule has 0 aliphatic rings. The molecule has 26 heavy (non-hydrogen) atoms. The maximum absolute atomic E-state index is 12.4. The van der Waals surface area contributed by atoms with Gasteiger partial charge in [-0.3, -0.25) is 0 Å². The fourth-order valence-electron chi connectivity index (χ4n) is 2.52. The molecule has 0 saturated carbocycles. The number of fused-ring (bicyclic) bond motifs is 1. The van der Waals surface area contributed by atoms with Crippen molar-refractivity contribution in [2.75, 3.05) is 18.2 Å². The number of aryl methyl sites for hydroxylation is 1. The van der Waals surface area contributed by atoms with Gasteiger partial charge in [0, 0.05) is 27.9 Å². The van der Waals surface area contributed by atoms with Crippen LogP contribution in [0.25, 0.3) is 11.0 Å². The SMILES string of the molecule is CCOC(=O)c1cnc2nc(C)ccc2c1Nc1cccc(SC)c1.Cl. The molecule has 0 radical (unpaired) electrons. The lowest BCUT2D eigenvalue weighted by Crippen LogP contribution is -2.09.